The van der Waals surface area contributed by atoms with Gasteiger partial charge in [-0.15, -0.1) is 0 Å². The lowest BCUT2D eigenvalue weighted by Crippen LogP contribution is -2.49. The molecule has 18 heavy (non-hydrogen) atoms. The Morgan fingerprint density at radius 2 is 2.17 bits per heavy atom. The van der Waals surface area contributed by atoms with Gasteiger partial charge in [0.25, 0.3) is 0 Å². The van der Waals surface area contributed by atoms with Crippen LogP contribution in [0.15, 0.2) is 22.8 Å². The second-order valence-electron chi connectivity index (χ2n) is 3.98. The van der Waals surface area contributed by atoms with Gasteiger partial charge in [0.2, 0.25) is 5.91 Å². The summed E-state index contributed by atoms with van der Waals surface area (Å²) in [5, 5.41) is 9.99. The summed E-state index contributed by atoms with van der Waals surface area (Å²) in [6.07, 6.45) is 1.97. The number of H-pyrrole nitrogens is 1. The highest BCUT2D eigenvalue weighted by atomic mass is 79.9. The molecule has 3 rings (SSSR count). The number of urea groups is 1. The van der Waals surface area contributed by atoms with E-state index in [0.29, 0.717) is 13.0 Å². The van der Waals surface area contributed by atoms with E-state index in [0.717, 1.165) is 21.1 Å². The Hall–Kier alpha value is -1.89. The molecule has 0 atom stereocenters. The van der Waals surface area contributed by atoms with Gasteiger partial charge in [-0.25, -0.2) is 4.79 Å². The van der Waals surface area contributed by atoms with Crippen LogP contribution in [0.2, 0.25) is 0 Å². The number of amides is 3. The van der Waals surface area contributed by atoms with Crippen LogP contribution < -0.4 is 10.2 Å². The molecule has 0 unspecified atom stereocenters. The van der Waals surface area contributed by atoms with Crippen LogP contribution in [0, 0.1) is 0 Å². The minimum Gasteiger partial charge on any atom is -0.293 e. The van der Waals surface area contributed by atoms with E-state index in [1.54, 1.807) is 11.1 Å². The van der Waals surface area contributed by atoms with Gasteiger partial charge in [0.05, 0.1) is 17.4 Å². The Bertz CT molecular complexity index is 652. The van der Waals surface area contributed by atoms with Crippen molar-refractivity contribution in [2.45, 2.75) is 6.42 Å². The number of aromatic amines is 1. The number of nitrogens with one attached hydrogen (secondary N) is 2. The van der Waals surface area contributed by atoms with Crippen LogP contribution in [0.4, 0.5) is 10.5 Å². The van der Waals surface area contributed by atoms with E-state index in [1.807, 2.05) is 12.1 Å². The number of rotatable bonds is 1. The lowest BCUT2D eigenvalue weighted by atomic mass is 10.2. The van der Waals surface area contributed by atoms with Crippen LogP contribution >= 0.6 is 15.9 Å². The predicted octanol–water partition coefficient (Wildman–Crippen LogP) is 1.77. The molecule has 2 N–H and O–H groups in total. The van der Waals surface area contributed by atoms with Gasteiger partial charge in [-0.05, 0) is 28.1 Å². The summed E-state index contributed by atoms with van der Waals surface area (Å²) in [6.45, 7) is 0.382. The summed E-state index contributed by atoms with van der Waals surface area (Å²) in [5.41, 5.74) is 1.57. The zero-order valence-corrected chi connectivity index (χ0v) is 10.8. The lowest BCUT2D eigenvalue weighted by Gasteiger charge is -2.27. The van der Waals surface area contributed by atoms with Crippen molar-refractivity contribution in [3.8, 4) is 0 Å². The normalized spacial score (nSPS) is 16.2. The maximum atomic E-state index is 11.8. The first-order chi connectivity index (χ1) is 8.66. The van der Waals surface area contributed by atoms with Gasteiger partial charge in [-0.2, -0.15) is 5.10 Å². The Kier molecular flexibility index (Phi) is 2.55. The molecule has 1 aliphatic heterocycles. The van der Waals surface area contributed by atoms with Gasteiger partial charge in [-0.1, -0.05) is 0 Å². The third kappa shape index (κ3) is 1.67. The summed E-state index contributed by atoms with van der Waals surface area (Å²) >= 11 is 3.41. The maximum absolute atomic E-state index is 11.8. The summed E-state index contributed by atoms with van der Waals surface area (Å²) in [6, 6.07) is 3.28. The fraction of sp³-hybridized carbons (Fsp3) is 0.182. The summed E-state index contributed by atoms with van der Waals surface area (Å²) < 4.78 is 0.882. The number of anilines is 1. The monoisotopic (exact) mass is 308 g/mol. The fourth-order valence-corrected chi connectivity index (χ4v) is 2.45. The average Bonchev–Trinajstić information content (AvgIpc) is 2.81. The van der Waals surface area contributed by atoms with Crippen molar-refractivity contribution < 1.29 is 9.59 Å². The molecule has 1 aliphatic rings. The maximum Gasteiger partial charge on any atom is 0.328 e. The number of hydrogen-bond acceptors (Lipinski definition) is 3. The molecule has 0 spiro atoms. The van der Waals surface area contributed by atoms with E-state index in [1.165, 1.54) is 0 Å². The van der Waals surface area contributed by atoms with Crippen LogP contribution in [0.5, 0.6) is 0 Å². The number of fused-ring (bicyclic) bond motifs is 1. The van der Waals surface area contributed by atoms with Crippen molar-refractivity contribution in [2.24, 2.45) is 0 Å². The number of aromatic nitrogens is 2. The summed E-state index contributed by atoms with van der Waals surface area (Å²) in [4.78, 5) is 24.5. The van der Waals surface area contributed by atoms with Gasteiger partial charge < -0.3 is 0 Å². The van der Waals surface area contributed by atoms with Crippen LogP contribution in [-0.2, 0) is 4.79 Å². The van der Waals surface area contributed by atoms with Crippen LogP contribution in [0.3, 0.4) is 0 Å². The van der Waals surface area contributed by atoms with Crippen LogP contribution in [-0.4, -0.2) is 28.7 Å². The predicted molar refractivity (Wildman–Crippen MR) is 69.3 cm³/mol. The van der Waals surface area contributed by atoms with Crippen LogP contribution in [0.1, 0.15) is 6.42 Å². The van der Waals surface area contributed by atoms with E-state index in [-0.39, 0.29) is 5.91 Å². The highest BCUT2D eigenvalue weighted by Crippen LogP contribution is 2.31. The second-order valence-corrected chi connectivity index (χ2v) is 4.83. The van der Waals surface area contributed by atoms with Crippen LogP contribution in [0.25, 0.3) is 10.9 Å². The number of halogens is 1. The van der Waals surface area contributed by atoms with Gasteiger partial charge in [-0.3, -0.25) is 20.1 Å². The smallest absolute Gasteiger partial charge is 0.293 e. The van der Waals surface area contributed by atoms with Crippen molar-refractivity contribution in [2.75, 3.05) is 11.4 Å². The average molecular weight is 309 g/mol. The molecular weight excluding hydrogens is 300 g/mol. The topological polar surface area (TPSA) is 78.1 Å². The zero-order valence-electron chi connectivity index (χ0n) is 9.24. The van der Waals surface area contributed by atoms with Crippen molar-refractivity contribution in [1.29, 1.82) is 0 Å². The SMILES string of the molecule is O=C1CCN(c2ccc(Br)c3[nH]ncc23)C(=O)N1. The number of carbonyl (C=O) groups excluding carboxylic acids is 2. The number of hydrogen-bond donors (Lipinski definition) is 2. The summed E-state index contributed by atoms with van der Waals surface area (Å²) in [7, 11) is 0. The molecule has 2 aromatic rings. The largest absolute Gasteiger partial charge is 0.328 e. The number of benzene rings is 1. The fourth-order valence-electron chi connectivity index (χ4n) is 2.02. The first-order valence-electron chi connectivity index (χ1n) is 5.40. The Labute approximate surface area is 110 Å². The molecule has 1 saturated heterocycles. The second kappa shape index (κ2) is 4.09. The van der Waals surface area contributed by atoms with Crippen molar-refractivity contribution in [3.63, 3.8) is 0 Å². The van der Waals surface area contributed by atoms with E-state index in [9.17, 15) is 9.59 Å². The molecule has 1 fully saturated rings. The molecule has 6 nitrogen and oxygen atoms in total. The Morgan fingerprint density at radius 3 is 2.94 bits per heavy atom. The number of nitrogens with zero attached hydrogens (tertiary/aromatic N) is 2. The van der Waals surface area contributed by atoms with Gasteiger partial charge in [0.1, 0.15) is 0 Å². The molecule has 3 amide bonds. The molecule has 92 valence electrons. The first-order valence-corrected chi connectivity index (χ1v) is 6.19. The molecule has 0 aliphatic carbocycles. The quantitative estimate of drug-likeness (QED) is 0.843. The molecule has 0 bridgehead atoms. The molecule has 1 aromatic heterocycles. The van der Waals surface area contributed by atoms with Crippen molar-refractivity contribution >= 4 is 44.5 Å². The van der Waals surface area contributed by atoms with Crippen molar-refractivity contribution in [1.82, 2.24) is 15.5 Å². The lowest BCUT2D eigenvalue weighted by molar-refractivity contribution is -0.120. The Morgan fingerprint density at radius 1 is 1.33 bits per heavy atom. The van der Waals surface area contributed by atoms with Gasteiger partial charge >= 0.3 is 6.03 Å². The minimum atomic E-state index is -0.393. The van der Waals surface area contributed by atoms with Crippen molar-refractivity contribution in [3.05, 3.63) is 22.8 Å². The molecule has 2 heterocycles. The number of carbonyl (C=O) groups is 2. The molecule has 1 aromatic carbocycles. The third-order valence-corrected chi connectivity index (χ3v) is 3.55. The van der Waals surface area contributed by atoms with E-state index >= 15 is 0 Å². The zero-order chi connectivity index (χ0) is 12.7. The molecular formula is C11H9BrN4O2. The van der Waals surface area contributed by atoms with E-state index in [4.69, 9.17) is 0 Å². The first kappa shape index (κ1) is 11.2. The minimum absolute atomic E-state index is 0.239. The molecule has 0 radical (unpaired) electrons. The third-order valence-electron chi connectivity index (χ3n) is 2.89. The van der Waals surface area contributed by atoms with E-state index in [2.05, 4.69) is 31.4 Å². The number of imide groups is 1. The Balaban J connectivity index is 2.09. The van der Waals surface area contributed by atoms with E-state index < -0.39 is 6.03 Å². The standard InChI is InChI=1S/C11H9BrN4O2/c12-7-1-2-8(6-5-13-15-10(6)7)16-4-3-9(17)14-11(16)18/h1-2,5H,3-4H2,(H,13,15)(H,14,17,18). The van der Waals surface area contributed by atoms with Gasteiger partial charge in [0.15, 0.2) is 0 Å². The van der Waals surface area contributed by atoms with Gasteiger partial charge in [0, 0.05) is 22.8 Å². The molecule has 7 heteroatoms. The highest BCUT2D eigenvalue weighted by Gasteiger charge is 2.25. The summed E-state index contributed by atoms with van der Waals surface area (Å²) in [5.74, 6) is -0.239. The highest BCUT2D eigenvalue weighted by molar-refractivity contribution is 9.10. The molecule has 0 saturated carbocycles.